The van der Waals surface area contributed by atoms with Crippen LogP contribution in [0.25, 0.3) is 0 Å². The molecule has 0 saturated heterocycles. The molecule has 15 heavy (non-hydrogen) atoms. The van der Waals surface area contributed by atoms with Crippen LogP contribution in [0.1, 0.15) is 16.1 Å². The minimum absolute atomic E-state index is 0.0478. The molecule has 0 aliphatic rings. The van der Waals surface area contributed by atoms with Crippen LogP contribution in [0.3, 0.4) is 0 Å². The molecule has 5 heteroatoms. The fourth-order valence-electron chi connectivity index (χ4n) is 1.14. The number of benzene rings is 1. The maximum absolute atomic E-state index is 13.3. The first-order valence-corrected chi connectivity index (χ1v) is 5.30. The molecule has 0 fully saturated rings. The van der Waals surface area contributed by atoms with Crippen LogP contribution in [-0.4, -0.2) is 10.2 Å². The van der Waals surface area contributed by atoms with Crippen molar-refractivity contribution in [1.29, 1.82) is 0 Å². The number of aromatic nitrogens is 1. The summed E-state index contributed by atoms with van der Waals surface area (Å²) in [5, 5.41) is 1.99. The number of hydrogen-bond acceptors (Lipinski definition) is 3. The highest BCUT2D eigenvalue weighted by molar-refractivity contribution is 7.03. The number of halogens is 2. The lowest BCUT2D eigenvalue weighted by Gasteiger charge is -2.00. The van der Waals surface area contributed by atoms with Gasteiger partial charge in [0.2, 0.25) is 5.78 Å². The normalized spacial score (nSPS) is 10.3. The third-order valence-electron chi connectivity index (χ3n) is 1.84. The van der Waals surface area contributed by atoms with E-state index in [1.54, 1.807) is 11.4 Å². The lowest BCUT2D eigenvalue weighted by molar-refractivity contribution is 0.103. The Labute approximate surface area is 94.5 Å². The first kappa shape index (κ1) is 10.3. The number of carbonyl (C=O) groups excluding carboxylic acids is 1. The summed E-state index contributed by atoms with van der Waals surface area (Å²) in [4.78, 5) is 11.7. The van der Waals surface area contributed by atoms with Crippen molar-refractivity contribution in [1.82, 2.24) is 4.37 Å². The second-order valence-electron chi connectivity index (χ2n) is 2.84. The Morgan fingerprint density at radius 1 is 1.40 bits per heavy atom. The molecule has 0 bridgehead atoms. The molecule has 0 aliphatic carbocycles. The maximum atomic E-state index is 13.3. The lowest BCUT2D eigenvalue weighted by atomic mass is 10.1. The van der Waals surface area contributed by atoms with Crippen LogP contribution >= 0.6 is 23.1 Å². The minimum atomic E-state index is -0.586. The van der Waals surface area contributed by atoms with E-state index in [0.717, 1.165) is 11.5 Å². The van der Waals surface area contributed by atoms with Gasteiger partial charge in [-0.05, 0) is 35.8 Å². The largest absolute Gasteiger partial charge is 0.287 e. The van der Waals surface area contributed by atoms with Gasteiger partial charge in [-0.1, -0.05) is 11.6 Å². The molecule has 1 aromatic carbocycles. The van der Waals surface area contributed by atoms with Gasteiger partial charge in [0.15, 0.2) is 0 Å². The average molecular weight is 242 g/mol. The molecule has 0 spiro atoms. The zero-order valence-corrected chi connectivity index (χ0v) is 8.98. The van der Waals surface area contributed by atoms with Crippen molar-refractivity contribution in [3.05, 3.63) is 51.7 Å². The molecule has 0 unspecified atom stereocenters. The summed E-state index contributed by atoms with van der Waals surface area (Å²) < 4.78 is 17.2. The number of carbonyl (C=O) groups is 1. The quantitative estimate of drug-likeness (QED) is 0.756. The Hall–Kier alpha value is -1.26. The summed E-state index contributed by atoms with van der Waals surface area (Å²) in [6.45, 7) is 0. The third kappa shape index (κ3) is 2.06. The van der Waals surface area contributed by atoms with Gasteiger partial charge in [0.1, 0.15) is 11.5 Å². The van der Waals surface area contributed by atoms with Crippen LogP contribution in [0.15, 0.2) is 29.6 Å². The molecule has 0 amide bonds. The molecule has 1 aromatic heterocycles. The predicted molar refractivity (Wildman–Crippen MR) is 57.0 cm³/mol. The van der Waals surface area contributed by atoms with E-state index < -0.39 is 11.6 Å². The van der Waals surface area contributed by atoms with E-state index in [-0.39, 0.29) is 11.3 Å². The SMILES string of the molecule is O=C(c1ccsn1)c1cc(Cl)ccc1F. The van der Waals surface area contributed by atoms with Gasteiger partial charge in [0.25, 0.3) is 0 Å². The summed E-state index contributed by atoms with van der Waals surface area (Å²) in [6.07, 6.45) is 0. The summed E-state index contributed by atoms with van der Waals surface area (Å²) >= 11 is 6.83. The van der Waals surface area contributed by atoms with Crippen molar-refractivity contribution < 1.29 is 9.18 Å². The molecule has 2 rings (SSSR count). The number of ketones is 1. The first-order chi connectivity index (χ1) is 7.18. The molecule has 0 radical (unpaired) electrons. The van der Waals surface area contributed by atoms with Crippen molar-refractivity contribution in [2.24, 2.45) is 0 Å². The monoisotopic (exact) mass is 241 g/mol. The second kappa shape index (κ2) is 4.08. The van der Waals surface area contributed by atoms with Crippen LogP contribution in [0.5, 0.6) is 0 Å². The Balaban J connectivity index is 2.46. The first-order valence-electron chi connectivity index (χ1n) is 4.08. The molecule has 0 N–H and O–H groups in total. The van der Waals surface area contributed by atoms with Gasteiger partial charge >= 0.3 is 0 Å². The van der Waals surface area contributed by atoms with E-state index in [1.165, 1.54) is 18.2 Å². The Morgan fingerprint density at radius 3 is 2.87 bits per heavy atom. The molecule has 0 saturated carbocycles. The molecular weight excluding hydrogens is 237 g/mol. The number of nitrogens with zero attached hydrogens (tertiary/aromatic N) is 1. The van der Waals surface area contributed by atoms with Crippen molar-refractivity contribution >= 4 is 28.9 Å². The standard InChI is InChI=1S/C10H5ClFNOS/c11-6-1-2-8(12)7(5-6)10(14)9-3-4-15-13-9/h1-5H. The lowest BCUT2D eigenvalue weighted by Crippen LogP contribution is -2.04. The highest BCUT2D eigenvalue weighted by Crippen LogP contribution is 2.18. The Bertz CT molecular complexity index is 498. The van der Waals surface area contributed by atoms with Crippen molar-refractivity contribution in [3.63, 3.8) is 0 Å². The summed E-state index contributed by atoms with van der Waals surface area (Å²) in [7, 11) is 0. The highest BCUT2D eigenvalue weighted by atomic mass is 35.5. The molecule has 1 heterocycles. The fourth-order valence-corrected chi connectivity index (χ4v) is 1.82. The van der Waals surface area contributed by atoms with E-state index in [9.17, 15) is 9.18 Å². The van der Waals surface area contributed by atoms with E-state index in [1.807, 2.05) is 0 Å². The van der Waals surface area contributed by atoms with E-state index in [2.05, 4.69) is 4.37 Å². The summed E-state index contributed by atoms with van der Waals surface area (Å²) in [6, 6.07) is 5.42. The van der Waals surface area contributed by atoms with Crippen LogP contribution in [0.2, 0.25) is 5.02 Å². The number of rotatable bonds is 2. The Kier molecular flexibility index (Phi) is 2.79. The molecule has 2 aromatic rings. The van der Waals surface area contributed by atoms with E-state index in [4.69, 9.17) is 11.6 Å². The topological polar surface area (TPSA) is 30.0 Å². The van der Waals surface area contributed by atoms with E-state index in [0.29, 0.717) is 5.02 Å². The second-order valence-corrected chi connectivity index (χ2v) is 3.94. The predicted octanol–water partition coefficient (Wildman–Crippen LogP) is 3.17. The molecular formula is C10H5ClFNOS. The van der Waals surface area contributed by atoms with Crippen molar-refractivity contribution in [2.45, 2.75) is 0 Å². The molecule has 2 nitrogen and oxygen atoms in total. The fraction of sp³-hybridized carbons (Fsp3) is 0. The summed E-state index contributed by atoms with van der Waals surface area (Å²) in [5.74, 6) is -1.03. The van der Waals surface area contributed by atoms with Gasteiger partial charge in [-0.15, -0.1) is 0 Å². The Morgan fingerprint density at radius 2 is 2.20 bits per heavy atom. The average Bonchev–Trinajstić information content (AvgIpc) is 2.74. The van der Waals surface area contributed by atoms with E-state index >= 15 is 0 Å². The smallest absolute Gasteiger partial charge is 0.215 e. The van der Waals surface area contributed by atoms with Gasteiger partial charge in [-0.2, -0.15) is 4.37 Å². The van der Waals surface area contributed by atoms with Crippen LogP contribution < -0.4 is 0 Å². The van der Waals surface area contributed by atoms with Gasteiger partial charge in [0.05, 0.1) is 5.56 Å². The number of hydrogen-bond donors (Lipinski definition) is 0. The molecule has 0 atom stereocenters. The third-order valence-corrected chi connectivity index (χ3v) is 2.64. The van der Waals surface area contributed by atoms with Crippen molar-refractivity contribution in [2.75, 3.05) is 0 Å². The summed E-state index contributed by atoms with van der Waals surface area (Å²) in [5.41, 5.74) is 0.189. The van der Waals surface area contributed by atoms with Crippen LogP contribution in [0, 0.1) is 5.82 Å². The van der Waals surface area contributed by atoms with Gasteiger partial charge in [0, 0.05) is 10.4 Å². The minimum Gasteiger partial charge on any atom is -0.287 e. The van der Waals surface area contributed by atoms with Crippen LogP contribution in [0.4, 0.5) is 4.39 Å². The zero-order chi connectivity index (χ0) is 10.8. The molecule has 76 valence electrons. The zero-order valence-electron chi connectivity index (χ0n) is 7.41. The van der Waals surface area contributed by atoms with Gasteiger partial charge in [-0.3, -0.25) is 4.79 Å². The van der Waals surface area contributed by atoms with Gasteiger partial charge in [-0.25, -0.2) is 4.39 Å². The van der Waals surface area contributed by atoms with Crippen LogP contribution in [-0.2, 0) is 0 Å². The van der Waals surface area contributed by atoms with Gasteiger partial charge < -0.3 is 0 Å². The maximum Gasteiger partial charge on any atom is 0.215 e. The van der Waals surface area contributed by atoms with Crippen molar-refractivity contribution in [3.8, 4) is 0 Å². The molecule has 0 aliphatic heterocycles. The highest BCUT2D eigenvalue weighted by Gasteiger charge is 2.15.